The van der Waals surface area contributed by atoms with E-state index in [2.05, 4.69) is 15.0 Å². The van der Waals surface area contributed by atoms with Crippen LogP contribution in [0.25, 0.3) is 11.4 Å². The molecule has 1 aliphatic heterocycles. The standard InChI is InChI=1S/C12H10ClN3O2/c1-17-12-15-10(14-11(13)16-12)8-4-2-3-7-5-6-18-9(7)8/h2-4H,5-6H2,1H3. The summed E-state index contributed by atoms with van der Waals surface area (Å²) in [6, 6.07) is 6.08. The van der Waals surface area contributed by atoms with Crippen LogP contribution in [0.4, 0.5) is 0 Å². The van der Waals surface area contributed by atoms with E-state index in [4.69, 9.17) is 21.1 Å². The number of halogens is 1. The summed E-state index contributed by atoms with van der Waals surface area (Å²) in [5, 5.41) is 0.104. The number of methoxy groups -OCH3 is 1. The number of fused-ring (bicyclic) bond motifs is 1. The molecule has 0 saturated carbocycles. The Morgan fingerprint density at radius 2 is 2.17 bits per heavy atom. The zero-order valence-corrected chi connectivity index (χ0v) is 10.4. The molecule has 1 aromatic carbocycles. The topological polar surface area (TPSA) is 57.1 Å². The molecular formula is C12H10ClN3O2. The van der Waals surface area contributed by atoms with Crippen LogP contribution in [0.1, 0.15) is 5.56 Å². The highest BCUT2D eigenvalue weighted by atomic mass is 35.5. The molecule has 5 nitrogen and oxygen atoms in total. The molecule has 0 atom stereocenters. The molecule has 0 bridgehead atoms. The summed E-state index contributed by atoms with van der Waals surface area (Å²) in [4.78, 5) is 12.2. The largest absolute Gasteiger partial charge is 0.492 e. The second-order valence-electron chi connectivity index (χ2n) is 3.81. The van der Waals surface area contributed by atoms with Gasteiger partial charge in [0.1, 0.15) is 5.75 Å². The third kappa shape index (κ3) is 1.86. The van der Waals surface area contributed by atoms with Gasteiger partial charge in [0.2, 0.25) is 5.28 Å². The molecule has 18 heavy (non-hydrogen) atoms. The molecule has 0 amide bonds. The van der Waals surface area contributed by atoms with E-state index in [0.717, 1.165) is 23.3 Å². The van der Waals surface area contributed by atoms with Gasteiger partial charge in [-0.05, 0) is 23.2 Å². The molecule has 0 aliphatic carbocycles. The Kier molecular flexibility index (Phi) is 2.76. The van der Waals surface area contributed by atoms with Crippen LogP contribution in [-0.2, 0) is 6.42 Å². The second kappa shape index (κ2) is 4.42. The smallest absolute Gasteiger partial charge is 0.321 e. The number of hydrogen-bond acceptors (Lipinski definition) is 5. The predicted octanol–water partition coefficient (Wildman–Crippen LogP) is 2.14. The first kappa shape index (κ1) is 11.2. The van der Waals surface area contributed by atoms with Gasteiger partial charge in [0.15, 0.2) is 5.82 Å². The van der Waals surface area contributed by atoms with Crippen LogP contribution in [-0.4, -0.2) is 28.7 Å². The van der Waals surface area contributed by atoms with Gasteiger partial charge < -0.3 is 9.47 Å². The maximum atomic E-state index is 5.85. The van der Waals surface area contributed by atoms with E-state index in [-0.39, 0.29) is 11.3 Å². The molecule has 1 aliphatic rings. The Morgan fingerprint density at radius 3 is 3.00 bits per heavy atom. The zero-order valence-electron chi connectivity index (χ0n) is 9.68. The molecule has 0 N–H and O–H groups in total. The number of rotatable bonds is 2. The fourth-order valence-electron chi connectivity index (χ4n) is 1.93. The lowest BCUT2D eigenvalue weighted by Gasteiger charge is -2.07. The first-order chi connectivity index (χ1) is 8.78. The first-order valence-electron chi connectivity index (χ1n) is 5.48. The minimum Gasteiger partial charge on any atom is -0.492 e. The monoisotopic (exact) mass is 263 g/mol. The van der Waals surface area contributed by atoms with Crippen molar-refractivity contribution in [2.45, 2.75) is 6.42 Å². The molecule has 0 unspecified atom stereocenters. The Hall–Kier alpha value is -1.88. The van der Waals surface area contributed by atoms with Crippen LogP contribution in [0.15, 0.2) is 18.2 Å². The van der Waals surface area contributed by atoms with Crippen molar-refractivity contribution in [3.63, 3.8) is 0 Å². The zero-order chi connectivity index (χ0) is 12.5. The van der Waals surface area contributed by atoms with Crippen molar-refractivity contribution in [1.82, 2.24) is 15.0 Å². The SMILES string of the molecule is COc1nc(Cl)nc(-c2cccc3c2OCC3)n1. The second-order valence-corrected chi connectivity index (χ2v) is 4.15. The highest BCUT2D eigenvalue weighted by Crippen LogP contribution is 2.35. The Balaban J connectivity index is 2.15. The Bertz CT molecular complexity index is 604. The van der Waals surface area contributed by atoms with Gasteiger partial charge in [-0.2, -0.15) is 15.0 Å². The van der Waals surface area contributed by atoms with Gasteiger partial charge >= 0.3 is 6.01 Å². The lowest BCUT2D eigenvalue weighted by molar-refractivity contribution is 0.357. The molecule has 6 heteroatoms. The van der Waals surface area contributed by atoms with Gasteiger partial charge in [0, 0.05) is 6.42 Å². The van der Waals surface area contributed by atoms with Gasteiger partial charge in [0.25, 0.3) is 0 Å². The molecule has 3 rings (SSSR count). The summed E-state index contributed by atoms with van der Waals surface area (Å²) >= 11 is 5.85. The summed E-state index contributed by atoms with van der Waals surface area (Å²) in [5.74, 6) is 1.28. The van der Waals surface area contributed by atoms with Crippen LogP contribution in [0.3, 0.4) is 0 Å². The lowest BCUT2D eigenvalue weighted by atomic mass is 10.1. The van der Waals surface area contributed by atoms with Crippen molar-refractivity contribution in [1.29, 1.82) is 0 Å². The highest BCUT2D eigenvalue weighted by molar-refractivity contribution is 6.28. The van der Waals surface area contributed by atoms with Crippen molar-refractivity contribution in [3.8, 4) is 23.1 Å². The van der Waals surface area contributed by atoms with Gasteiger partial charge in [-0.15, -0.1) is 0 Å². The maximum absolute atomic E-state index is 5.85. The summed E-state index contributed by atoms with van der Waals surface area (Å²) in [7, 11) is 1.49. The quantitative estimate of drug-likeness (QED) is 0.831. The highest BCUT2D eigenvalue weighted by Gasteiger charge is 2.19. The fraction of sp³-hybridized carbons (Fsp3) is 0.250. The maximum Gasteiger partial charge on any atom is 0.321 e. The normalized spacial score (nSPS) is 13.0. The summed E-state index contributed by atoms with van der Waals surface area (Å²) in [5.41, 5.74) is 1.97. The van der Waals surface area contributed by atoms with E-state index in [0.29, 0.717) is 12.4 Å². The van der Waals surface area contributed by atoms with Crippen molar-refractivity contribution in [3.05, 3.63) is 29.0 Å². The molecular weight excluding hydrogens is 254 g/mol. The molecule has 92 valence electrons. The molecule has 0 saturated heterocycles. The minimum absolute atomic E-state index is 0.104. The summed E-state index contributed by atoms with van der Waals surface area (Å²) < 4.78 is 10.6. The number of para-hydroxylation sites is 1. The van der Waals surface area contributed by atoms with Gasteiger partial charge in [-0.3, -0.25) is 0 Å². The van der Waals surface area contributed by atoms with E-state index < -0.39 is 0 Å². The van der Waals surface area contributed by atoms with Crippen LogP contribution in [0.5, 0.6) is 11.8 Å². The van der Waals surface area contributed by atoms with Crippen molar-refractivity contribution in [2.75, 3.05) is 13.7 Å². The number of hydrogen-bond donors (Lipinski definition) is 0. The Morgan fingerprint density at radius 1 is 1.28 bits per heavy atom. The van der Waals surface area contributed by atoms with Gasteiger partial charge in [-0.25, -0.2) is 0 Å². The molecule has 0 radical (unpaired) electrons. The summed E-state index contributed by atoms with van der Waals surface area (Å²) in [6.45, 7) is 0.683. The number of nitrogens with zero attached hydrogens (tertiary/aromatic N) is 3. The van der Waals surface area contributed by atoms with Crippen molar-refractivity contribution in [2.24, 2.45) is 0 Å². The van der Waals surface area contributed by atoms with Crippen LogP contribution in [0.2, 0.25) is 5.28 Å². The third-order valence-corrected chi connectivity index (χ3v) is 2.89. The number of ether oxygens (including phenoxy) is 2. The van der Waals surface area contributed by atoms with E-state index in [1.165, 1.54) is 7.11 Å². The number of aromatic nitrogens is 3. The predicted molar refractivity (Wildman–Crippen MR) is 66.0 cm³/mol. The van der Waals surface area contributed by atoms with E-state index >= 15 is 0 Å². The molecule has 2 heterocycles. The minimum atomic E-state index is 0.104. The van der Waals surface area contributed by atoms with Crippen molar-refractivity contribution >= 4 is 11.6 Å². The fourth-order valence-corrected chi connectivity index (χ4v) is 2.09. The van der Waals surface area contributed by atoms with E-state index in [1.807, 2.05) is 18.2 Å². The lowest BCUT2D eigenvalue weighted by Crippen LogP contribution is -1.99. The average Bonchev–Trinajstić information content (AvgIpc) is 2.85. The molecule has 0 fully saturated rings. The van der Waals surface area contributed by atoms with Gasteiger partial charge in [0.05, 0.1) is 19.3 Å². The summed E-state index contributed by atoms with van der Waals surface area (Å²) in [6.07, 6.45) is 0.902. The van der Waals surface area contributed by atoms with E-state index in [9.17, 15) is 0 Å². The van der Waals surface area contributed by atoms with Crippen LogP contribution in [0, 0.1) is 0 Å². The average molecular weight is 264 g/mol. The van der Waals surface area contributed by atoms with Gasteiger partial charge in [-0.1, -0.05) is 12.1 Å². The number of benzene rings is 1. The molecule has 2 aromatic rings. The first-order valence-corrected chi connectivity index (χ1v) is 5.86. The van der Waals surface area contributed by atoms with Crippen molar-refractivity contribution < 1.29 is 9.47 Å². The van der Waals surface area contributed by atoms with Crippen LogP contribution >= 0.6 is 11.6 Å². The Labute approximate surface area is 109 Å². The molecule has 0 spiro atoms. The third-order valence-electron chi connectivity index (χ3n) is 2.73. The molecule has 1 aromatic heterocycles. The van der Waals surface area contributed by atoms with E-state index in [1.54, 1.807) is 0 Å². The van der Waals surface area contributed by atoms with Crippen LogP contribution < -0.4 is 9.47 Å².